The summed E-state index contributed by atoms with van der Waals surface area (Å²) >= 11 is 0. The topological polar surface area (TPSA) is 118 Å². The molecule has 0 radical (unpaired) electrons. The summed E-state index contributed by atoms with van der Waals surface area (Å²) < 4.78 is 10.6. The molecule has 28 heavy (non-hydrogen) atoms. The Morgan fingerprint density at radius 3 is 2.68 bits per heavy atom. The van der Waals surface area contributed by atoms with E-state index in [1.54, 1.807) is 24.3 Å². The first-order chi connectivity index (χ1) is 13.5. The molecule has 7 nitrogen and oxygen atoms in total. The van der Waals surface area contributed by atoms with Crippen LogP contribution >= 0.6 is 0 Å². The van der Waals surface area contributed by atoms with Crippen LogP contribution in [0.5, 0.6) is 0 Å². The van der Waals surface area contributed by atoms with Gasteiger partial charge in [0.05, 0.1) is 6.61 Å². The Kier molecular flexibility index (Phi) is 6.34. The summed E-state index contributed by atoms with van der Waals surface area (Å²) in [5.41, 5.74) is 6.70. The molecule has 1 saturated carbocycles. The number of esters is 1. The molecule has 1 aliphatic rings. The first-order valence-electron chi connectivity index (χ1n) is 9.80. The Bertz CT molecular complexity index is 866. The number of amides is 1. The summed E-state index contributed by atoms with van der Waals surface area (Å²) in [6.45, 7) is 2.24. The maximum Gasteiger partial charge on any atom is 0.305 e. The van der Waals surface area contributed by atoms with Crippen LogP contribution in [0.2, 0.25) is 0 Å². The number of hydrogen-bond acceptors (Lipinski definition) is 5. The van der Waals surface area contributed by atoms with Crippen LogP contribution in [-0.2, 0) is 9.53 Å². The first kappa shape index (κ1) is 19.9. The smallest absolute Gasteiger partial charge is 0.305 e. The van der Waals surface area contributed by atoms with Gasteiger partial charge in [0.15, 0.2) is 5.76 Å². The molecule has 1 aliphatic carbocycles. The zero-order chi connectivity index (χ0) is 20.1. The molecule has 1 amide bonds. The molecule has 0 spiro atoms. The van der Waals surface area contributed by atoms with Gasteiger partial charge in [0.25, 0.3) is 5.91 Å². The molecule has 1 fully saturated rings. The van der Waals surface area contributed by atoms with Gasteiger partial charge >= 0.3 is 5.97 Å². The third-order valence-corrected chi connectivity index (χ3v) is 5.30. The van der Waals surface area contributed by atoms with E-state index in [1.807, 2.05) is 6.92 Å². The molecule has 0 saturated heterocycles. The van der Waals surface area contributed by atoms with E-state index >= 15 is 0 Å². The first-order valence-corrected chi connectivity index (χ1v) is 9.80. The lowest BCUT2D eigenvalue weighted by Gasteiger charge is -2.28. The predicted octanol–water partition coefficient (Wildman–Crippen LogP) is 3.35. The fraction of sp³-hybridized carbons (Fsp3) is 0.476. The molecule has 0 unspecified atom stereocenters. The van der Waals surface area contributed by atoms with Gasteiger partial charge in [0, 0.05) is 23.4 Å². The minimum absolute atomic E-state index is 0.0196. The summed E-state index contributed by atoms with van der Waals surface area (Å²) in [7, 11) is 0. The molecule has 1 heterocycles. The average molecular weight is 385 g/mol. The highest BCUT2D eigenvalue weighted by Gasteiger charge is 2.24. The Morgan fingerprint density at radius 1 is 1.25 bits per heavy atom. The number of nitrogen functional groups attached to an aromatic ring is 1. The van der Waals surface area contributed by atoms with Crippen molar-refractivity contribution >= 4 is 28.7 Å². The van der Waals surface area contributed by atoms with Gasteiger partial charge < -0.3 is 20.2 Å². The van der Waals surface area contributed by atoms with Gasteiger partial charge in [-0.1, -0.05) is 0 Å². The molecule has 150 valence electrons. The summed E-state index contributed by atoms with van der Waals surface area (Å²) in [6.07, 6.45) is 5.10. The Hall–Kier alpha value is -2.83. The van der Waals surface area contributed by atoms with E-state index in [1.165, 1.54) is 0 Å². The lowest BCUT2D eigenvalue weighted by atomic mass is 9.83. The van der Waals surface area contributed by atoms with Gasteiger partial charge in [-0.2, -0.15) is 0 Å². The minimum atomic E-state index is -0.226. The Morgan fingerprint density at radius 2 is 2.00 bits per heavy atom. The SMILES string of the molecule is CCOC(=O)CCC1CCC(NC(=O)c2cc3cc(C(=N)N)ccc3o2)CC1. The van der Waals surface area contributed by atoms with Crippen LogP contribution < -0.4 is 11.1 Å². The molecule has 0 atom stereocenters. The second-order valence-electron chi connectivity index (χ2n) is 7.31. The Labute approximate surface area is 164 Å². The average Bonchev–Trinajstić information content (AvgIpc) is 3.11. The Balaban J connectivity index is 1.51. The van der Waals surface area contributed by atoms with Crippen molar-refractivity contribution < 1.29 is 18.7 Å². The van der Waals surface area contributed by atoms with Crippen molar-refractivity contribution in [2.24, 2.45) is 11.7 Å². The largest absolute Gasteiger partial charge is 0.466 e. The van der Waals surface area contributed by atoms with E-state index < -0.39 is 0 Å². The van der Waals surface area contributed by atoms with E-state index in [9.17, 15) is 9.59 Å². The highest BCUT2D eigenvalue weighted by Crippen LogP contribution is 2.28. The number of fused-ring (bicyclic) bond motifs is 1. The van der Waals surface area contributed by atoms with Crippen molar-refractivity contribution in [3.05, 3.63) is 35.6 Å². The van der Waals surface area contributed by atoms with Gasteiger partial charge in [-0.05, 0) is 69.2 Å². The van der Waals surface area contributed by atoms with Crippen LogP contribution in [0.3, 0.4) is 0 Å². The molecule has 7 heteroatoms. The quantitative estimate of drug-likeness (QED) is 0.384. The van der Waals surface area contributed by atoms with Crippen LogP contribution in [0, 0.1) is 11.3 Å². The summed E-state index contributed by atoms with van der Waals surface area (Å²) in [6, 6.07) is 6.96. The van der Waals surface area contributed by atoms with E-state index in [-0.39, 0.29) is 29.5 Å². The number of rotatable bonds is 7. The molecule has 0 aliphatic heterocycles. The maximum absolute atomic E-state index is 12.5. The third kappa shape index (κ3) is 4.91. The van der Waals surface area contributed by atoms with Crippen LogP contribution in [0.1, 0.15) is 61.6 Å². The number of benzene rings is 1. The van der Waals surface area contributed by atoms with Crippen molar-refractivity contribution in [1.29, 1.82) is 5.41 Å². The highest BCUT2D eigenvalue weighted by molar-refractivity contribution is 6.00. The number of nitrogens with one attached hydrogen (secondary N) is 2. The van der Waals surface area contributed by atoms with E-state index in [0.717, 1.165) is 37.5 Å². The fourth-order valence-electron chi connectivity index (χ4n) is 3.73. The predicted molar refractivity (Wildman–Crippen MR) is 106 cm³/mol. The van der Waals surface area contributed by atoms with Gasteiger partial charge in [0.2, 0.25) is 0 Å². The summed E-state index contributed by atoms with van der Waals surface area (Å²) in [5, 5.41) is 11.3. The standard InChI is InChI=1S/C21H27N3O4/c1-2-27-19(25)10-5-13-3-7-16(8-4-13)24-21(26)18-12-15-11-14(20(22)23)6-9-17(15)28-18/h6,9,11-13,16H,2-5,7-8,10H2,1H3,(H3,22,23)(H,24,26). The molecule has 3 rings (SSSR count). The maximum atomic E-state index is 12.5. The number of nitrogens with two attached hydrogens (primary N) is 1. The zero-order valence-electron chi connectivity index (χ0n) is 16.1. The number of amidine groups is 1. The van der Waals surface area contributed by atoms with Crippen LogP contribution in [0.25, 0.3) is 11.0 Å². The van der Waals surface area contributed by atoms with Crippen molar-refractivity contribution in [1.82, 2.24) is 5.32 Å². The lowest BCUT2D eigenvalue weighted by molar-refractivity contribution is -0.143. The van der Waals surface area contributed by atoms with Gasteiger partial charge in [-0.25, -0.2) is 0 Å². The number of hydrogen-bond donors (Lipinski definition) is 3. The van der Waals surface area contributed by atoms with Crippen LogP contribution in [-0.4, -0.2) is 30.4 Å². The van der Waals surface area contributed by atoms with E-state index in [2.05, 4.69) is 5.32 Å². The van der Waals surface area contributed by atoms with E-state index in [4.69, 9.17) is 20.3 Å². The zero-order valence-corrected chi connectivity index (χ0v) is 16.1. The normalized spacial score (nSPS) is 19.3. The number of carbonyl (C=O) groups is 2. The number of furan rings is 1. The molecular formula is C21H27N3O4. The van der Waals surface area contributed by atoms with Crippen molar-refractivity contribution in [3.63, 3.8) is 0 Å². The summed E-state index contributed by atoms with van der Waals surface area (Å²) in [5.74, 6) is 0.397. The van der Waals surface area contributed by atoms with Gasteiger partial charge in [-0.15, -0.1) is 0 Å². The van der Waals surface area contributed by atoms with Gasteiger partial charge in [0.1, 0.15) is 11.4 Å². The second-order valence-corrected chi connectivity index (χ2v) is 7.31. The molecule has 4 N–H and O–H groups in total. The molecule has 2 aromatic rings. The lowest BCUT2D eigenvalue weighted by Crippen LogP contribution is -2.37. The summed E-state index contributed by atoms with van der Waals surface area (Å²) in [4.78, 5) is 24.0. The molecule has 1 aromatic heterocycles. The van der Waals surface area contributed by atoms with Crippen molar-refractivity contribution in [2.75, 3.05) is 6.61 Å². The van der Waals surface area contributed by atoms with Gasteiger partial charge in [-0.3, -0.25) is 15.0 Å². The minimum Gasteiger partial charge on any atom is -0.466 e. The third-order valence-electron chi connectivity index (χ3n) is 5.30. The number of carbonyl (C=O) groups excluding carboxylic acids is 2. The van der Waals surface area contributed by atoms with E-state index in [0.29, 0.717) is 30.1 Å². The highest BCUT2D eigenvalue weighted by atomic mass is 16.5. The molecule has 1 aromatic carbocycles. The van der Waals surface area contributed by atoms with Crippen LogP contribution in [0.15, 0.2) is 28.7 Å². The fourth-order valence-corrected chi connectivity index (χ4v) is 3.73. The molecular weight excluding hydrogens is 358 g/mol. The second kappa shape index (κ2) is 8.91. The molecule has 0 bridgehead atoms. The van der Waals surface area contributed by atoms with Crippen molar-refractivity contribution in [2.45, 2.75) is 51.5 Å². The number of ether oxygens (including phenoxy) is 1. The van der Waals surface area contributed by atoms with Crippen LogP contribution in [0.4, 0.5) is 0 Å². The monoisotopic (exact) mass is 385 g/mol. The van der Waals surface area contributed by atoms with Crippen molar-refractivity contribution in [3.8, 4) is 0 Å².